The monoisotopic (exact) mass is 358 g/mol. The molecule has 2 amide bonds. The summed E-state index contributed by atoms with van der Waals surface area (Å²) in [6, 6.07) is 6.60. The van der Waals surface area contributed by atoms with Gasteiger partial charge in [0, 0.05) is 24.7 Å². The molecule has 1 atom stereocenters. The molecule has 1 fully saturated rings. The van der Waals surface area contributed by atoms with E-state index in [4.69, 9.17) is 9.47 Å². The van der Waals surface area contributed by atoms with Gasteiger partial charge in [0.05, 0.1) is 19.9 Å². The summed E-state index contributed by atoms with van der Waals surface area (Å²) in [5.74, 6) is 0.905. The molecular weight excluding hydrogens is 336 g/mol. The highest BCUT2D eigenvalue weighted by molar-refractivity contribution is 5.97. The number of rotatable bonds is 5. The van der Waals surface area contributed by atoms with Crippen LogP contribution in [0.4, 0.5) is 0 Å². The molecule has 0 spiro atoms. The Hall–Kier alpha value is -3.03. The van der Waals surface area contributed by atoms with Crippen molar-refractivity contribution in [3.05, 3.63) is 30.0 Å². The van der Waals surface area contributed by atoms with E-state index in [0.29, 0.717) is 42.4 Å². The first-order chi connectivity index (χ1) is 12.6. The van der Waals surface area contributed by atoms with Crippen LogP contribution >= 0.6 is 0 Å². The minimum atomic E-state index is -0.460. The number of hydrogen-bond donors (Lipinski definition) is 2. The van der Waals surface area contributed by atoms with Gasteiger partial charge in [-0.05, 0) is 24.6 Å². The molecule has 2 heterocycles. The van der Waals surface area contributed by atoms with Gasteiger partial charge >= 0.3 is 0 Å². The van der Waals surface area contributed by atoms with E-state index < -0.39 is 6.04 Å². The minimum Gasteiger partial charge on any atom is -0.497 e. The van der Waals surface area contributed by atoms with Gasteiger partial charge in [0.1, 0.15) is 23.2 Å². The first-order valence-electron chi connectivity index (χ1n) is 8.45. The third-order valence-corrected chi connectivity index (χ3v) is 4.47. The molecule has 1 aliphatic heterocycles. The van der Waals surface area contributed by atoms with Crippen LogP contribution in [0.15, 0.2) is 24.3 Å². The summed E-state index contributed by atoms with van der Waals surface area (Å²) in [7, 11) is 3.15. The molecule has 0 radical (unpaired) electrons. The fraction of sp³-hybridized carbons (Fsp3) is 0.389. The van der Waals surface area contributed by atoms with Crippen LogP contribution in [0.1, 0.15) is 23.8 Å². The Bertz CT molecular complexity index is 817. The predicted octanol–water partition coefficient (Wildman–Crippen LogP) is 1.44. The third kappa shape index (κ3) is 3.22. The molecule has 0 unspecified atom stereocenters. The molecule has 0 bridgehead atoms. The van der Waals surface area contributed by atoms with Crippen molar-refractivity contribution in [2.75, 3.05) is 27.3 Å². The number of aromatic nitrogens is 2. The number of nitrogens with zero attached hydrogens (tertiary/aromatic N) is 2. The van der Waals surface area contributed by atoms with E-state index in [2.05, 4.69) is 15.5 Å². The smallest absolute Gasteiger partial charge is 0.272 e. The average Bonchev–Trinajstić information content (AvgIpc) is 3.16. The van der Waals surface area contributed by atoms with Crippen LogP contribution in [0, 0.1) is 0 Å². The summed E-state index contributed by atoms with van der Waals surface area (Å²) in [4.78, 5) is 26.4. The number of methoxy groups -OCH3 is 2. The highest BCUT2D eigenvalue weighted by atomic mass is 16.5. The van der Waals surface area contributed by atoms with Crippen molar-refractivity contribution in [1.82, 2.24) is 20.4 Å². The maximum absolute atomic E-state index is 12.8. The second-order valence-corrected chi connectivity index (χ2v) is 5.95. The summed E-state index contributed by atoms with van der Waals surface area (Å²) in [6.07, 6.45) is 0.560. The van der Waals surface area contributed by atoms with Gasteiger partial charge in [-0.1, -0.05) is 6.92 Å². The summed E-state index contributed by atoms with van der Waals surface area (Å²) < 4.78 is 10.6. The van der Waals surface area contributed by atoms with Gasteiger partial charge in [0.2, 0.25) is 5.91 Å². The number of benzene rings is 1. The van der Waals surface area contributed by atoms with Gasteiger partial charge in [-0.2, -0.15) is 5.10 Å². The van der Waals surface area contributed by atoms with Crippen LogP contribution < -0.4 is 14.8 Å². The van der Waals surface area contributed by atoms with Gasteiger partial charge in [0.25, 0.3) is 5.91 Å². The SMILES string of the molecule is CC[C@H]1C(=O)NCCN1C(=O)c1cc(-c2ccc(OC)cc2OC)n[nH]1. The average molecular weight is 358 g/mol. The lowest BCUT2D eigenvalue weighted by molar-refractivity contribution is -0.127. The van der Waals surface area contributed by atoms with Crippen molar-refractivity contribution in [3.8, 4) is 22.8 Å². The zero-order valence-electron chi connectivity index (χ0n) is 15.0. The van der Waals surface area contributed by atoms with Crippen molar-refractivity contribution in [3.63, 3.8) is 0 Å². The molecule has 1 aliphatic rings. The van der Waals surface area contributed by atoms with Gasteiger partial charge in [-0.25, -0.2) is 0 Å². The summed E-state index contributed by atoms with van der Waals surface area (Å²) in [6.45, 7) is 2.81. The minimum absolute atomic E-state index is 0.122. The standard InChI is InChI=1S/C18H22N4O4/c1-4-15-17(23)19-7-8-22(15)18(24)14-10-13(20-21-14)12-6-5-11(25-2)9-16(12)26-3/h5-6,9-10,15H,4,7-8H2,1-3H3,(H,19,23)(H,20,21)/t15-/m0/s1. The summed E-state index contributed by atoms with van der Waals surface area (Å²) in [5, 5.41) is 9.81. The van der Waals surface area contributed by atoms with Crippen molar-refractivity contribution in [2.24, 2.45) is 0 Å². The molecule has 26 heavy (non-hydrogen) atoms. The number of amides is 2. The maximum Gasteiger partial charge on any atom is 0.272 e. The van der Waals surface area contributed by atoms with Crippen LogP contribution in [0.5, 0.6) is 11.5 Å². The Labute approximate surface area is 151 Å². The lowest BCUT2D eigenvalue weighted by Gasteiger charge is -2.34. The number of hydrogen-bond acceptors (Lipinski definition) is 5. The van der Waals surface area contributed by atoms with Crippen LogP contribution in [0.2, 0.25) is 0 Å². The molecule has 3 rings (SSSR count). The Morgan fingerprint density at radius 2 is 2.12 bits per heavy atom. The van der Waals surface area contributed by atoms with Crippen molar-refractivity contribution in [1.29, 1.82) is 0 Å². The number of H-pyrrole nitrogens is 1. The first-order valence-corrected chi connectivity index (χ1v) is 8.45. The van der Waals surface area contributed by atoms with Crippen molar-refractivity contribution in [2.45, 2.75) is 19.4 Å². The van der Waals surface area contributed by atoms with Crippen LogP contribution in [0.25, 0.3) is 11.3 Å². The lowest BCUT2D eigenvalue weighted by atomic mass is 10.1. The summed E-state index contributed by atoms with van der Waals surface area (Å²) in [5.41, 5.74) is 1.67. The molecule has 2 N–H and O–H groups in total. The van der Waals surface area contributed by atoms with E-state index in [1.54, 1.807) is 37.3 Å². The van der Waals surface area contributed by atoms with Crippen molar-refractivity contribution < 1.29 is 19.1 Å². The number of ether oxygens (including phenoxy) is 2. The second kappa shape index (κ2) is 7.47. The Kier molecular flexibility index (Phi) is 5.11. The number of aromatic amines is 1. The van der Waals surface area contributed by atoms with E-state index in [1.165, 1.54) is 0 Å². The Morgan fingerprint density at radius 1 is 1.31 bits per heavy atom. The van der Waals surface area contributed by atoms with Gasteiger partial charge in [-0.3, -0.25) is 14.7 Å². The van der Waals surface area contributed by atoms with E-state index in [1.807, 2.05) is 13.0 Å². The zero-order valence-corrected chi connectivity index (χ0v) is 15.0. The molecule has 2 aromatic rings. The Morgan fingerprint density at radius 3 is 2.81 bits per heavy atom. The van der Waals surface area contributed by atoms with Crippen molar-refractivity contribution >= 4 is 11.8 Å². The third-order valence-electron chi connectivity index (χ3n) is 4.47. The number of carbonyl (C=O) groups excluding carboxylic acids is 2. The molecule has 138 valence electrons. The van der Waals surface area contributed by atoms with E-state index >= 15 is 0 Å². The van der Waals surface area contributed by atoms with Gasteiger partial charge < -0.3 is 19.7 Å². The maximum atomic E-state index is 12.8. The van der Waals surface area contributed by atoms with Gasteiger partial charge in [-0.15, -0.1) is 0 Å². The van der Waals surface area contributed by atoms with Crippen LogP contribution in [-0.4, -0.2) is 60.3 Å². The molecule has 0 saturated carbocycles. The fourth-order valence-electron chi connectivity index (χ4n) is 3.10. The van der Waals surface area contributed by atoms with E-state index in [0.717, 1.165) is 5.56 Å². The molecule has 8 heteroatoms. The molecule has 1 aromatic heterocycles. The highest BCUT2D eigenvalue weighted by Crippen LogP contribution is 2.32. The molecule has 8 nitrogen and oxygen atoms in total. The quantitative estimate of drug-likeness (QED) is 0.843. The second-order valence-electron chi connectivity index (χ2n) is 5.95. The number of nitrogens with one attached hydrogen (secondary N) is 2. The number of carbonyl (C=O) groups is 2. The lowest BCUT2D eigenvalue weighted by Crippen LogP contribution is -2.56. The molecule has 1 saturated heterocycles. The zero-order chi connectivity index (χ0) is 18.7. The van der Waals surface area contributed by atoms with E-state index in [9.17, 15) is 9.59 Å². The molecular formula is C18H22N4O4. The molecule has 1 aromatic carbocycles. The Balaban J connectivity index is 1.88. The normalized spacial score (nSPS) is 17.0. The van der Waals surface area contributed by atoms with E-state index in [-0.39, 0.29) is 11.8 Å². The highest BCUT2D eigenvalue weighted by Gasteiger charge is 2.33. The largest absolute Gasteiger partial charge is 0.497 e. The first kappa shape index (κ1) is 17.8. The van der Waals surface area contributed by atoms with Crippen LogP contribution in [-0.2, 0) is 4.79 Å². The summed E-state index contributed by atoms with van der Waals surface area (Å²) >= 11 is 0. The fourth-order valence-corrected chi connectivity index (χ4v) is 3.10. The predicted molar refractivity (Wildman–Crippen MR) is 95.3 cm³/mol. The topological polar surface area (TPSA) is 96.6 Å². The van der Waals surface area contributed by atoms with Gasteiger partial charge in [0.15, 0.2) is 0 Å². The number of piperazine rings is 1. The van der Waals surface area contributed by atoms with Crippen LogP contribution in [0.3, 0.4) is 0 Å². The molecule has 0 aliphatic carbocycles.